The maximum atomic E-state index is 11.1. The van der Waals surface area contributed by atoms with E-state index in [0.717, 1.165) is 0 Å². The number of esters is 1. The quantitative estimate of drug-likeness (QED) is 0.151. The van der Waals surface area contributed by atoms with E-state index in [1.165, 1.54) is 0 Å². The Morgan fingerprint density at radius 3 is 1.58 bits per heavy atom. The third-order valence-corrected chi connectivity index (χ3v) is 8.96. The molecule has 0 spiro atoms. The smallest absolute Gasteiger partial charge is 0.462 e. The molecule has 0 aliphatic carbocycles. The molecule has 0 aliphatic heterocycles. The standard InChI is InChI=1S/C10H20O5Si.C6H14O3Si/c1-9(2)10(11)15-7-6-8-16(12-3,13-4)14-5;1-5-6-10(7-2,8-3)9-4/h1,6-8H2,2-5H3;5H,1,6H2,2-4H3. The van der Waals surface area contributed by atoms with Crippen LogP contribution < -0.4 is 0 Å². The van der Waals surface area contributed by atoms with Gasteiger partial charge in [-0.3, -0.25) is 0 Å². The van der Waals surface area contributed by atoms with Crippen molar-refractivity contribution in [2.24, 2.45) is 0 Å². The van der Waals surface area contributed by atoms with Crippen LogP contribution in [0.1, 0.15) is 13.3 Å². The molecule has 0 unspecified atom stereocenters. The number of allylic oxidation sites excluding steroid dienone is 1. The predicted molar refractivity (Wildman–Crippen MR) is 104 cm³/mol. The van der Waals surface area contributed by atoms with E-state index in [4.69, 9.17) is 31.3 Å². The van der Waals surface area contributed by atoms with Crippen molar-refractivity contribution in [3.05, 3.63) is 24.8 Å². The van der Waals surface area contributed by atoms with E-state index in [9.17, 15) is 4.79 Å². The van der Waals surface area contributed by atoms with E-state index in [1.807, 2.05) is 0 Å². The van der Waals surface area contributed by atoms with Gasteiger partial charge < -0.3 is 31.3 Å². The molecule has 154 valence electrons. The van der Waals surface area contributed by atoms with Gasteiger partial charge in [-0.2, -0.15) is 0 Å². The Morgan fingerprint density at radius 2 is 1.31 bits per heavy atom. The monoisotopic (exact) mass is 410 g/mol. The fraction of sp³-hybridized carbons (Fsp3) is 0.688. The molecule has 8 nitrogen and oxygen atoms in total. The minimum atomic E-state index is -2.53. The fourth-order valence-electron chi connectivity index (χ4n) is 1.81. The lowest BCUT2D eigenvalue weighted by atomic mass is 10.4. The molecule has 0 N–H and O–H groups in total. The van der Waals surface area contributed by atoms with Crippen LogP contribution in [-0.2, 0) is 36.1 Å². The average Bonchev–Trinajstić information content (AvgIpc) is 2.67. The second kappa shape index (κ2) is 15.2. The summed E-state index contributed by atoms with van der Waals surface area (Å²) in [6.07, 6.45) is 2.38. The summed E-state index contributed by atoms with van der Waals surface area (Å²) in [7, 11) is 4.56. The number of carbonyl (C=O) groups excluding carboxylic acids is 1. The van der Waals surface area contributed by atoms with E-state index >= 15 is 0 Å². The van der Waals surface area contributed by atoms with Crippen LogP contribution in [0, 0.1) is 0 Å². The van der Waals surface area contributed by atoms with E-state index in [0.29, 0.717) is 30.7 Å². The SMILES string of the molecule is C=C(C)C(=O)OCCC[Si](OC)(OC)OC.C=CC[Si](OC)(OC)OC. The summed E-state index contributed by atoms with van der Waals surface area (Å²) in [4.78, 5) is 11.1. The molecule has 0 aromatic rings. The highest BCUT2D eigenvalue weighted by Gasteiger charge is 2.37. The maximum absolute atomic E-state index is 11.1. The highest BCUT2D eigenvalue weighted by atomic mass is 28.4. The highest BCUT2D eigenvalue weighted by molar-refractivity contribution is 6.61. The molecule has 0 saturated carbocycles. The molecule has 10 heteroatoms. The molecule has 0 rings (SSSR count). The molecule has 0 amide bonds. The summed E-state index contributed by atoms with van der Waals surface area (Å²) in [6.45, 7) is 9.00. The van der Waals surface area contributed by atoms with Gasteiger partial charge in [-0.25, -0.2) is 4.79 Å². The zero-order chi connectivity index (χ0) is 20.6. The Bertz CT molecular complexity index is 393. The molecule has 0 saturated heterocycles. The van der Waals surface area contributed by atoms with Crippen molar-refractivity contribution in [3.8, 4) is 0 Å². The summed E-state index contributed by atoms with van der Waals surface area (Å²) in [5, 5.41) is 0. The largest absolute Gasteiger partial charge is 0.504 e. The highest BCUT2D eigenvalue weighted by Crippen LogP contribution is 2.15. The van der Waals surface area contributed by atoms with Gasteiger partial charge in [-0.1, -0.05) is 12.7 Å². The van der Waals surface area contributed by atoms with Crippen LogP contribution in [0.3, 0.4) is 0 Å². The zero-order valence-electron chi connectivity index (χ0n) is 17.1. The van der Waals surface area contributed by atoms with E-state index < -0.39 is 17.6 Å². The third kappa shape index (κ3) is 10.3. The van der Waals surface area contributed by atoms with Crippen molar-refractivity contribution in [3.63, 3.8) is 0 Å². The Morgan fingerprint density at radius 1 is 0.885 bits per heavy atom. The normalized spacial score (nSPS) is 11.3. The minimum absolute atomic E-state index is 0.316. The van der Waals surface area contributed by atoms with Crippen molar-refractivity contribution in [2.75, 3.05) is 49.3 Å². The molecule has 0 aromatic heterocycles. The van der Waals surface area contributed by atoms with Crippen molar-refractivity contribution < 1.29 is 36.1 Å². The molecule has 0 heterocycles. The fourth-order valence-corrected chi connectivity index (χ4v) is 4.85. The van der Waals surface area contributed by atoms with Crippen LogP contribution in [0.25, 0.3) is 0 Å². The van der Waals surface area contributed by atoms with Crippen molar-refractivity contribution in [1.82, 2.24) is 0 Å². The van der Waals surface area contributed by atoms with Crippen LogP contribution in [0.5, 0.6) is 0 Å². The molecular formula is C16H34O8Si2. The van der Waals surface area contributed by atoms with Crippen molar-refractivity contribution >= 4 is 23.6 Å². The van der Waals surface area contributed by atoms with Gasteiger partial charge >= 0.3 is 23.6 Å². The molecule has 0 bridgehead atoms. The zero-order valence-corrected chi connectivity index (χ0v) is 19.1. The first-order chi connectivity index (χ1) is 12.3. The third-order valence-electron chi connectivity index (χ3n) is 3.47. The van der Waals surface area contributed by atoms with Gasteiger partial charge in [-0.15, -0.1) is 6.58 Å². The van der Waals surface area contributed by atoms with E-state index in [-0.39, 0.29) is 5.97 Å². The first kappa shape index (κ1) is 27.4. The van der Waals surface area contributed by atoms with Gasteiger partial charge in [0.05, 0.1) is 6.61 Å². The predicted octanol–water partition coefficient (Wildman–Crippen LogP) is 2.42. The van der Waals surface area contributed by atoms with E-state index in [1.54, 1.807) is 55.7 Å². The van der Waals surface area contributed by atoms with Crippen LogP contribution in [-0.4, -0.2) is 72.8 Å². The summed E-state index contributed by atoms with van der Waals surface area (Å²) in [5.74, 6) is -0.375. The number of hydrogen-bond donors (Lipinski definition) is 0. The summed E-state index contributed by atoms with van der Waals surface area (Å²) >= 11 is 0. The van der Waals surface area contributed by atoms with Crippen molar-refractivity contribution in [2.45, 2.75) is 25.4 Å². The van der Waals surface area contributed by atoms with Crippen LogP contribution in [0.15, 0.2) is 24.8 Å². The van der Waals surface area contributed by atoms with Gasteiger partial charge in [0.15, 0.2) is 0 Å². The van der Waals surface area contributed by atoms with Gasteiger partial charge in [0.1, 0.15) is 0 Å². The maximum Gasteiger partial charge on any atom is 0.504 e. The molecule has 0 fully saturated rings. The van der Waals surface area contributed by atoms with Gasteiger partial charge in [0.2, 0.25) is 0 Å². The Labute approximate surface area is 159 Å². The topological polar surface area (TPSA) is 81.7 Å². The first-order valence-corrected chi connectivity index (χ1v) is 11.9. The lowest BCUT2D eigenvalue weighted by Gasteiger charge is -2.24. The number of hydrogen-bond acceptors (Lipinski definition) is 8. The van der Waals surface area contributed by atoms with Crippen LogP contribution in [0.4, 0.5) is 0 Å². The molecule has 0 aromatic carbocycles. The first-order valence-electron chi connectivity index (χ1n) is 8.00. The van der Waals surface area contributed by atoms with Crippen molar-refractivity contribution in [1.29, 1.82) is 0 Å². The van der Waals surface area contributed by atoms with E-state index in [2.05, 4.69) is 13.2 Å². The second-order valence-corrected chi connectivity index (χ2v) is 11.2. The lowest BCUT2D eigenvalue weighted by molar-refractivity contribution is -0.139. The molecule has 0 atom stereocenters. The van der Waals surface area contributed by atoms with Crippen LogP contribution in [0.2, 0.25) is 12.1 Å². The van der Waals surface area contributed by atoms with Gasteiger partial charge in [0.25, 0.3) is 0 Å². The van der Waals surface area contributed by atoms with Gasteiger partial charge in [-0.05, 0) is 13.3 Å². The average molecular weight is 411 g/mol. The Hall–Kier alpha value is -0.856. The lowest BCUT2D eigenvalue weighted by Crippen LogP contribution is -2.42. The minimum Gasteiger partial charge on any atom is -0.462 e. The second-order valence-electron chi connectivity index (χ2n) is 5.10. The number of carbonyl (C=O) groups is 1. The molecule has 0 aliphatic rings. The molecular weight excluding hydrogens is 376 g/mol. The number of rotatable bonds is 13. The number of ether oxygens (including phenoxy) is 1. The van der Waals surface area contributed by atoms with Gasteiger partial charge in [0, 0.05) is 60.3 Å². The molecule has 26 heavy (non-hydrogen) atoms. The summed E-state index contributed by atoms with van der Waals surface area (Å²) in [6, 6.07) is 1.26. The molecule has 0 radical (unpaired) electrons. The van der Waals surface area contributed by atoms with Crippen LogP contribution >= 0.6 is 0 Å². The summed E-state index contributed by atoms with van der Waals surface area (Å²) in [5.41, 5.74) is 0.397. The Kier molecular flexibility index (Phi) is 16.0. The summed E-state index contributed by atoms with van der Waals surface area (Å²) < 4.78 is 35.9. The Balaban J connectivity index is 0.